The molecule has 0 unspecified atom stereocenters. The number of benzene rings is 2. The van der Waals surface area contributed by atoms with Crippen molar-refractivity contribution in [2.75, 3.05) is 0 Å². The van der Waals surface area contributed by atoms with Gasteiger partial charge < -0.3 is 5.32 Å². The fraction of sp³-hybridized carbons (Fsp3) is 0.0714. The molecule has 2 aromatic carbocycles. The van der Waals surface area contributed by atoms with Gasteiger partial charge in [-0.25, -0.2) is 4.39 Å². The topological polar surface area (TPSA) is 72.2 Å². The second-order valence-corrected chi connectivity index (χ2v) is 5.15. The number of nitrogens with zero attached hydrogens (tertiary/aromatic N) is 1. The molecule has 21 heavy (non-hydrogen) atoms. The third kappa shape index (κ3) is 3.85. The van der Waals surface area contributed by atoms with E-state index in [1.807, 2.05) is 24.3 Å². The van der Waals surface area contributed by atoms with Crippen LogP contribution in [0.5, 0.6) is 0 Å². The van der Waals surface area contributed by atoms with Gasteiger partial charge in [0.05, 0.1) is 16.6 Å². The summed E-state index contributed by atoms with van der Waals surface area (Å²) < 4.78 is 14.5. The van der Waals surface area contributed by atoms with Crippen molar-refractivity contribution in [2.45, 2.75) is 6.54 Å². The summed E-state index contributed by atoms with van der Waals surface area (Å²) >= 11 is 3.31. The molecule has 1 amide bonds. The number of nitro benzene ring substituents is 1. The molecule has 0 heterocycles. The minimum Gasteiger partial charge on any atom is -0.348 e. The third-order valence-electron chi connectivity index (χ3n) is 2.75. The Morgan fingerprint density at radius 3 is 2.67 bits per heavy atom. The number of halogens is 2. The number of nitrogens with one attached hydrogen (secondary N) is 1. The van der Waals surface area contributed by atoms with Gasteiger partial charge in [-0.05, 0) is 23.8 Å². The molecule has 1 N–H and O–H groups in total. The van der Waals surface area contributed by atoms with E-state index in [0.29, 0.717) is 0 Å². The lowest BCUT2D eigenvalue weighted by molar-refractivity contribution is -0.385. The zero-order valence-corrected chi connectivity index (χ0v) is 12.3. The Kier molecular flexibility index (Phi) is 4.64. The highest BCUT2D eigenvalue weighted by Crippen LogP contribution is 2.17. The molecule has 0 bridgehead atoms. The van der Waals surface area contributed by atoms with E-state index in [0.717, 1.165) is 28.2 Å². The van der Waals surface area contributed by atoms with E-state index in [1.54, 1.807) is 0 Å². The minimum atomic E-state index is -0.920. The normalized spacial score (nSPS) is 10.2. The molecule has 7 heteroatoms. The predicted octanol–water partition coefficient (Wildman–Crippen LogP) is 3.43. The van der Waals surface area contributed by atoms with E-state index in [9.17, 15) is 19.3 Å². The second-order valence-electron chi connectivity index (χ2n) is 4.23. The lowest BCUT2D eigenvalue weighted by Gasteiger charge is -2.06. The molecule has 0 aliphatic rings. The van der Waals surface area contributed by atoms with Crippen molar-refractivity contribution in [1.82, 2.24) is 5.32 Å². The Morgan fingerprint density at radius 1 is 1.29 bits per heavy atom. The number of nitro groups is 1. The summed E-state index contributed by atoms with van der Waals surface area (Å²) in [6.45, 7) is 0.231. The molecule has 2 aromatic rings. The largest absolute Gasteiger partial charge is 0.348 e. The van der Waals surface area contributed by atoms with Crippen LogP contribution >= 0.6 is 15.9 Å². The van der Waals surface area contributed by atoms with Crippen molar-refractivity contribution in [3.05, 3.63) is 74.0 Å². The van der Waals surface area contributed by atoms with Crippen LogP contribution < -0.4 is 5.32 Å². The summed E-state index contributed by atoms with van der Waals surface area (Å²) in [4.78, 5) is 21.7. The van der Waals surface area contributed by atoms with Crippen molar-refractivity contribution in [3.63, 3.8) is 0 Å². The summed E-state index contributed by atoms with van der Waals surface area (Å²) in [6, 6.07) is 10.2. The van der Waals surface area contributed by atoms with Gasteiger partial charge in [0.1, 0.15) is 5.82 Å². The zero-order chi connectivity index (χ0) is 15.4. The number of carbonyl (C=O) groups is 1. The molecule has 0 fully saturated rings. The van der Waals surface area contributed by atoms with Gasteiger partial charge in [0.15, 0.2) is 0 Å². The molecular formula is C14H10BrFN2O3. The van der Waals surface area contributed by atoms with Crippen molar-refractivity contribution >= 4 is 27.5 Å². The van der Waals surface area contributed by atoms with Gasteiger partial charge in [-0.3, -0.25) is 14.9 Å². The maximum absolute atomic E-state index is 13.7. The Balaban J connectivity index is 2.08. The number of rotatable bonds is 4. The van der Waals surface area contributed by atoms with Crippen LogP contribution in [0.2, 0.25) is 0 Å². The van der Waals surface area contributed by atoms with Crippen LogP contribution in [0.25, 0.3) is 0 Å². The van der Waals surface area contributed by atoms with Crippen LogP contribution in [0.3, 0.4) is 0 Å². The lowest BCUT2D eigenvalue weighted by atomic mass is 10.1. The van der Waals surface area contributed by atoms with Crippen LogP contribution in [0.15, 0.2) is 46.9 Å². The number of non-ortho nitro benzene ring substituents is 1. The van der Waals surface area contributed by atoms with Crippen molar-refractivity contribution < 1.29 is 14.1 Å². The van der Waals surface area contributed by atoms with Crippen LogP contribution in [0, 0.1) is 15.9 Å². The van der Waals surface area contributed by atoms with Crippen LogP contribution in [-0.4, -0.2) is 10.8 Å². The first kappa shape index (κ1) is 15.1. The number of hydrogen-bond donors (Lipinski definition) is 1. The van der Waals surface area contributed by atoms with Gasteiger partial charge in [-0.15, -0.1) is 0 Å². The molecule has 0 saturated carbocycles. The molecule has 0 aliphatic carbocycles. The smallest absolute Gasteiger partial charge is 0.272 e. The van der Waals surface area contributed by atoms with E-state index < -0.39 is 22.3 Å². The molecular weight excluding hydrogens is 343 g/mol. The van der Waals surface area contributed by atoms with Gasteiger partial charge >= 0.3 is 0 Å². The first-order valence-corrected chi connectivity index (χ1v) is 6.73. The Hall–Kier alpha value is -2.28. The molecule has 2 rings (SSSR count). The molecule has 0 radical (unpaired) electrons. The first-order chi connectivity index (χ1) is 9.97. The van der Waals surface area contributed by atoms with Crippen molar-refractivity contribution in [1.29, 1.82) is 0 Å². The molecule has 0 saturated heterocycles. The third-order valence-corrected chi connectivity index (χ3v) is 3.24. The lowest BCUT2D eigenvalue weighted by Crippen LogP contribution is -2.23. The number of carbonyl (C=O) groups excluding carboxylic acids is 1. The van der Waals surface area contributed by atoms with Gasteiger partial charge in [-0.2, -0.15) is 0 Å². The fourth-order valence-corrected chi connectivity index (χ4v) is 2.17. The van der Waals surface area contributed by atoms with E-state index >= 15 is 0 Å². The standard InChI is InChI=1S/C14H10BrFN2O3/c15-10-3-1-2-9(6-10)8-17-14(19)12-5-4-11(18(20)21)7-13(12)16/h1-7H,8H2,(H,17,19). The highest BCUT2D eigenvalue weighted by molar-refractivity contribution is 9.10. The predicted molar refractivity (Wildman–Crippen MR) is 78.4 cm³/mol. The zero-order valence-electron chi connectivity index (χ0n) is 10.7. The van der Waals surface area contributed by atoms with E-state index in [4.69, 9.17) is 0 Å². The number of amides is 1. The first-order valence-electron chi connectivity index (χ1n) is 5.94. The van der Waals surface area contributed by atoms with Gasteiger partial charge in [0, 0.05) is 17.1 Å². The highest BCUT2D eigenvalue weighted by atomic mass is 79.9. The van der Waals surface area contributed by atoms with Gasteiger partial charge in [-0.1, -0.05) is 28.1 Å². The summed E-state index contributed by atoms with van der Waals surface area (Å²) in [5.41, 5.74) is 0.228. The van der Waals surface area contributed by atoms with E-state index in [-0.39, 0.29) is 12.1 Å². The Morgan fingerprint density at radius 2 is 2.05 bits per heavy atom. The van der Waals surface area contributed by atoms with Crippen molar-refractivity contribution in [2.24, 2.45) is 0 Å². The summed E-state index contributed by atoms with van der Waals surface area (Å²) in [6.07, 6.45) is 0. The average molecular weight is 353 g/mol. The molecule has 0 spiro atoms. The molecule has 0 atom stereocenters. The SMILES string of the molecule is O=C(NCc1cccc(Br)c1)c1ccc([N+](=O)[O-])cc1F. The van der Waals surface area contributed by atoms with E-state index in [1.165, 1.54) is 0 Å². The van der Waals surface area contributed by atoms with Crippen molar-refractivity contribution in [3.8, 4) is 0 Å². The maximum Gasteiger partial charge on any atom is 0.272 e. The second kappa shape index (κ2) is 6.45. The Bertz CT molecular complexity index is 706. The van der Waals surface area contributed by atoms with Gasteiger partial charge in [0.2, 0.25) is 0 Å². The van der Waals surface area contributed by atoms with Crippen LogP contribution in [-0.2, 0) is 6.54 Å². The van der Waals surface area contributed by atoms with Crippen LogP contribution in [0.4, 0.5) is 10.1 Å². The Labute approximate surface area is 128 Å². The quantitative estimate of drug-likeness (QED) is 0.676. The molecule has 0 aromatic heterocycles. The average Bonchev–Trinajstić information content (AvgIpc) is 2.44. The minimum absolute atomic E-state index is 0.226. The molecule has 5 nitrogen and oxygen atoms in total. The summed E-state index contributed by atoms with van der Waals surface area (Å²) in [5.74, 6) is -1.54. The summed E-state index contributed by atoms with van der Waals surface area (Å²) in [7, 11) is 0. The number of hydrogen-bond acceptors (Lipinski definition) is 3. The van der Waals surface area contributed by atoms with E-state index in [2.05, 4.69) is 21.2 Å². The molecule has 0 aliphatic heterocycles. The fourth-order valence-electron chi connectivity index (χ4n) is 1.73. The maximum atomic E-state index is 13.7. The van der Waals surface area contributed by atoms with Crippen LogP contribution in [0.1, 0.15) is 15.9 Å². The summed E-state index contributed by atoms with van der Waals surface area (Å²) in [5, 5.41) is 13.1. The monoisotopic (exact) mass is 352 g/mol. The molecule has 108 valence electrons. The van der Waals surface area contributed by atoms with Gasteiger partial charge in [0.25, 0.3) is 11.6 Å². The highest BCUT2D eigenvalue weighted by Gasteiger charge is 2.15.